The van der Waals surface area contributed by atoms with Crippen molar-refractivity contribution in [3.63, 3.8) is 0 Å². The maximum absolute atomic E-state index is 13.1. The van der Waals surface area contributed by atoms with Gasteiger partial charge >= 0.3 is 0 Å². The van der Waals surface area contributed by atoms with Gasteiger partial charge in [-0.15, -0.1) is 11.6 Å². The summed E-state index contributed by atoms with van der Waals surface area (Å²) in [6, 6.07) is 9.45. The highest BCUT2D eigenvalue weighted by Crippen LogP contribution is 2.26. The molecule has 1 heterocycles. The minimum Gasteiger partial charge on any atom is -0.329 e. The zero-order valence-electron chi connectivity index (χ0n) is 10.3. The molecule has 0 spiro atoms. The number of benzene rings is 1. The topological polar surface area (TPSA) is 16.1 Å². The molecule has 0 radical (unpaired) electrons. The van der Waals surface area contributed by atoms with Crippen molar-refractivity contribution in [1.29, 1.82) is 0 Å². The highest BCUT2D eigenvalue weighted by molar-refractivity contribution is 6.17. The van der Waals surface area contributed by atoms with E-state index in [1.165, 1.54) is 12.3 Å². The maximum Gasteiger partial charge on any atom is 0.141 e. The van der Waals surface area contributed by atoms with Crippen LogP contribution in [0.15, 0.2) is 36.5 Å². The van der Waals surface area contributed by atoms with Crippen LogP contribution >= 0.6 is 11.6 Å². The van der Waals surface area contributed by atoms with Gasteiger partial charge in [-0.3, -0.25) is 0 Å². The van der Waals surface area contributed by atoms with Gasteiger partial charge in [-0.25, -0.2) is 9.37 Å². The Morgan fingerprint density at radius 1 is 1.33 bits per heavy atom. The lowest BCUT2D eigenvalue weighted by atomic mass is 10.2. The summed E-state index contributed by atoms with van der Waals surface area (Å²) < 4.78 is 13.1. The van der Waals surface area contributed by atoms with Crippen LogP contribution in [0.4, 0.5) is 15.9 Å². The van der Waals surface area contributed by atoms with Crippen molar-refractivity contribution in [1.82, 2.24) is 4.98 Å². The van der Waals surface area contributed by atoms with Gasteiger partial charge in [0.2, 0.25) is 0 Å². The first kappa shape index (κ1) is 12.8. The molecule has 2 nitrogen and oxygen atoms in total. The number of hydrogen-bond donors (Lipinski definition) is 0. The van der Waals surface area contributed by atoms with Gasteiger partial charge in [0.05, 0.1) is 12.1 Å². The standard InChI is InChI=1S/C14H14ClFN2/c1-10-4-3-5-13(6-10)18(2)14-11(8-15)7-12(16)9-17-14/h3-7,9H,8H2,1-2H3. The predicted octanol–water partition coefficient (Wildman–Crippen LogP) is 4.04. The fourth-order valence-electron chi connectivity index (χ4n) is 1.83. The van der Waals surface area contributed by atoms with Crippen molar-refractivity contribution < 1.29 is 4.39 Å². The number of anilines is 2. The summed E-state index contributed by atoms with van der Waals surface area (Å²) in [6.45, 7) is 2.03. The summed E-state index contributed by atoms with van der Waals surface area (Å²) in [7, 11) is 1.89. The lowest BCUT2D eigenvalue weighted by Crippen LogP contribution is -2.13. The third-order valence-corrected chi connectivity index (χ3v) is 3.05. The predicted molar refractivity (Wildman–Crippen MR) is 73.0 cm³/mol. The summed E-state index contributed by atoms with van der Waals surface area (Å²) in [5.74, 6) is 0.542. The number of alkyl halides is 1. The van der Waals surface area contributed by atoms with Crippen molar-refractivity contribution in [2.45, 2.75) is 12.8 Å². The lowest BCUT2D eigenvalue weighted by Gasteiger charge is -2.21. The average Bonchev–Trinajstić information content (AvgIpc) is 2.37. The number of rotatable bonds is 3. The molecule has 0 aliphatic carbocycles. The minimum atomic E-state index is -0.368. The van der Waals surface area contributed by atoms with Crippen molar-refractivity contribution in [2.24, 2.45) is 0 Å². The molecule has 0 saturated heterocycles. The number of hydrogen-bond acceptors (Lipinski definition) is 2. The second-order valence-corrected chi connectivity index (χ2v) is 4.44. The SMILES string of the molecule is Cc1cccc(N(C)c2ncc(F)cc2CCl)c1. The van der Waals surface area contributed by atoms with Crippen LogP contribution in [-0.2, 0) is 5.88 Å². The number of aryl methyl sites for hydroxylation is 1. The van der Waals surface area contributed by atoms with Gasteiger partial charge in [0.15, 0.2) is 0 Å². The van der Waals surface area contributed by atoms with E-state index >= 15 is 0 Å². The molecule has 0 aliphatic heterocycles. The smallest absolute Gasteiger partial charge is 0.141 e. The van der Waals surface area contributed by atoms with Crippen LogP contribution in [0.25, 0.3) is 0 Å². The van der Waals surface area contributed by atoms with E-state index in [1.807, 2.05) is 43.1 Å². The normalized spacial score (nSPS) is 10.4. The largest absolute Gasteiger partial charge is 0.329 e. The molecule has 0 bridgehead atoms. The Kier molecular flexibility index (Phi) is 3.82. The van der Waals surface area contributed by atoms with Crippen LogP contribution in [0, 0.1) is 12.7 Å². The Labute approximate surface area is 111 Å². The number of aromatic nitrogens is 1. The summed E-state index contributed by atoms with van der Waals surface area (Å²) in [6.07, 6.45) is 1.21. The molecule has 0 aliphatic rings. The zero-order chi connectivity index (χ0) is 13.1. The summed E-state index contributed by atoms with van der Waals surface area (Å²) >= 11 is 5.83. The molecule has 0 unspecified atom stereocenters. The van der Waals surface area contributed by atoms with E-state index in [0.29, 0.717) is 11.4 Å². The minimum absolute atomic E-state index is 0.232. The molecule has 1 aromatic heterocycles. The fourth-order valence-corrected chi connectivity index (χ4v) is 2.03. The third-order valence-electron chi connectivity index (χ3n) is 2.76. The Morgan fingerprint density at radius 2 is 2.11 bits per heavy atom. The number of halogens is 2. The van der Waals surface area contributed by atoms with E-state index in [1.54, 1.807) is 0 Å². The Hall–Kier alpha value is -1.61. The third kappa shape index (κ3) is 2.62. The second kappa shape index (κ2) is 5.36. The van der Waals surface area contributed by atoms with E-state index in [9.17, 15) is 4.39 Å². The van der Waals surface area contributed by atoms with Gasteiger partial charge in [-0.2, -0.15) is 0 Å². The molecule has 0 atom stereocenters. The van der Waals surface area contributed by atoms with Crippen LogP contribution in [0.3, 0.4) is 0 Å². The average molecular weight is 265 g/mol. The molecule has 0 amide bonds. The van der Waals surface area contributed by atoms with E-state index in [2.05, 4.69) is 4.98 Å². The first-order chi connectivity index (χ1) is 8.61. The summed E-state index contributed by atoms with van der Waals surface area (Å²) in [5.41, 5.74) is 2.84. The second-order valence-electron chi connectivity index (χ2n) is 4.17. The van der Waals surface area contributed by atoms with Crippen molar-refractivity contribution in [3.8, 4) is 0 Å². The molecule has 18 heavy (non-hydrogen) atoms. The molecular formula is C14H14ClFN2. The molecule has 0 fully saturated rings. The van der Waals surface area contributed by atoms with Gasteiger partial charge < -0.3 is 4.90 Å². The van der Waals surface area contributed by atoms with Crippen molar-refractivity contribution in [2.75, 3.05) is 11.9 Å². The van der Waals surface area contributed by atoms with Gasteiger partial charge in [-0.05, 0) is 30.7 Å². The quantitative estimate of drug-likeness (QED) is 0.778. The monoisotopic (exact) mass is 264 g/mol. The molecule has 0 saturated carbocycles. The van der Waals surface area contributed by atoms with Crippen molar-refractivity contribution >= 4 is 23.1 Å². The van der Waals surface area contributed by atoms with Gasteiger partial charge in [0.1, 0.15) is 11.6 Å². The Bertz CT molecular complexity index is 557. The first-order valence-corrected chi connectivity index (χ1v) is 6.16. The summed E-state index contributed by atoms with van der Waals surface area (Å²) in [5, 5.41) is 0. The lowest BCUT2D eigenvalue weighted by molar-refractivity contribution is 0.619. The van der Waals surface area contributed by atoms with E-state index < -0.39 is 0 Å². The molecule has 2 rings (SSSR count). The van der Waals surface area contributed by atoms with Gasteiger partial charge in [0, 0.05) is 18.3 Å². The number of nitrogens with zero attached hydrogens (tertiary/aromatic N) is 2. The van der Waals surface area contributed by atoms with E-state index in [-0.39, 0.29) is 11.7 Å². The zero-order valence-corrected chi connectivity index (χ0v) is 11.1. The van der Waals surface area contributed by atoms with Gasteiger partial charge in [0.25, 0.3) is 0 Å². The molecule has 0 N–H and O–H groups in total. The molecule has 1 aromatic carbocycles. The number of pyridine rings is 1. The van der Waals surface area contributed by atoms with Crippen molar-refractivity contribution in [3.05, 3.63) is 53.5 Å². The molecule has 4 heteroatoms. The molecule has 2 aromatic rings. The molecule has 94 valence electrons. The van der Waals surface area contributed by atoms with Crippen LogP contribution < -0.4 is 4.90 Å². The highest BCUT2D eigenvalue weighted by Gasteiger charge is 2.11. The molecular weight excluding hydrogens is 251 g/mol. The Morgan fingerprint density at radius 3 is 2.78 bits per heavy atom. The summed E-state index contributed by atoms with van der Waals surface area (Å²) in [4.78, 5) is 6.03. The maximum atomic E-state index is 13.1. The van der Waals surface area contributed by atoms with E-state index in [4.69, 9.17) is 11.6 Å². The highest BCUT2D eigenvalue weighted by atomic mass is 35.5. The van der Waals surface area contributed by atoms with Crippen LogP contribution in [-0.4, -0.2) is 12.0 Å². The van der Waals surface area contributed by atoms with Crippen LogP contribution in [0.5, 0.6) is 0 Å². The van der Waals surface area contributed by atoms with Crippen LogP contribution in [0.1, 0.15) is 11.1 Å². The fraction of sp³-hybridized carbons (Fsp3) is 0.214. The van der Waals surface area contributed by atoms with E-state index in [0.717, 1.165) is 11.3 Å². The Balaban J connectivity index is 2.42. The first-order valence-electron chi connectivity index (χ1n) is 5.62. The van der Waals surface area contributed by atoms with Gasteiger partial charge in [-0.1, -0.05) is 12.1 Å². The van der Waals surface area contributed by atoms with Crippen LogP contribution in [0.2, 0.25) is 0 Å².